The molecule has 0 saturated carbocycles. The lowest BCUT2D eigenvalue weighted by Crippen LogP contribution is -2.23. The number of hydrogen-bond acceptors (Lipinski definition) is 8. The molecule has 0 radical (unpaired) electrons. The van der Waals surface area contributed by atoms with Crippen molar-refractivity contribution in [1.29, 1.82) is 0 Å². The summed E-state index contributed by atoms with van der Waals surface area (Å²) >= 11 is 0. The first kappa shape index (κ1) is 26.3. The minimum atomic E-state index is -0.0244. The van der Waals surface area contributed by atoms with E-state index < -0.39 is 0 Å². The number of nitrogens with zero attached hydrogens (tertiary/aromatic N) is 6. The van der Waals surface area contributed by atoms with Gasteiger partial charge in [-0.2, -0.15) is 4.98 Å². The number of nitrogens with one attached hydrogen (secondary N) is 2. The van der Waals surface area contributed by atoms with Crippen molar-refractivity contribution in [2.75, 3.05) is 37.4 Å². The van der Waals surface area contributed by atoms with Crippen molar-refractivity contribution < 1.29 is 4.79 Å². The molecule has 0 bridgehead atoms. The predicted octanol–water partition coefficient (Wildman–Crippen LogP) is 3.88. The van der Waals surface area contributed by atoms with Crippen LogP contribution in [-0.2, 0) is 13.1 Å². The zero-order valence-corrected chi connectivity index (χ0v) is 21.6. The summed E-state index contributed by atoms with van der Waals surface area (Å²) in [6.07, 6.45) is 6.73. The van der Waals surface area contributed by atoms with Crippen LogP contribution in [0.3, 0.4) is 0 Å². The van der Waals surface area contributed by atoms with Gasteiger partial charge in [-0.3, -0.25) is 4.79 Å². The number of carbonyl (C=O) groups excluding carboxylic acids is 1. The van der Waals surface area contributed by atoms with E-state index in [1.54, 1.807) is 13.1 Å². The van der Waals surface area contributed by atoms with Crippen LogP contribution in [0, 0.1) is 0 Å². The first-order valence-electron chi connectivity index (χ1n) is 12.4. The topological polar surface area (TPSA) is 101 Å². The van der Waals surface area contributed by atoms with Crippen LogP contribution in [0.15, 0.2) is 36.7 Å². The Balaban J connectivity index is 1.62. The van der Waals surface area contributed by atoms with Gasteiger partial charge in [0.05, 0.1) is 24.0 Å². The maximum atomic E-state index is 12.1. The number of ketones is 1. The smallest absolute Gasteiger partial charge is 0.224 e. The third kappa shape index (κ3) is 7.32. The minimum absolute atomic E-state index is 0.0244. The number of rotatable bonds is 14. The molecule has 2 N–H and O–H groups in total. The highest BCUT2D eigenvalue weighted by Crippen LogP contribution is 2.27. The molecule has 0 saturated heterocycles. The maximum Gasteiger partial charge on any atom is 0.224 e. The molecule has 3 rings (SSSR count). The second-order valence-electron chi connectivity index (χ2n) is 8.87. The predicted molar refractivity (Wildman–Crippen MR) is 140 cm³/mol. The van der Waals surface area contributed by atoms with Crippen LogP contribution in [0.25, 0.3) is 0 Å². The lowest BCUT2D eigenvalue weighted by molar-refractivity contribution is 0.101. The summed E-state index contributed by atoms with van der Waals surface area (Å²) in [4.78, 5) is 23.0. The van der Waals surface area contributed by atoms with Crippen LogP contribution >= 0.6 is 0 Å². The Labute approximate surface area is 208 Å². The summed E-state index contributed by atoms with van der Waals surface area (Å²) in [7, 11) is 3.90. The molecule has 1 atom stereocenters. The monoisotopic (exact) mass is 478 g/mol. The SMILES string of the molecule is CCNc1ncc(C(C)=O)c(N(C)CCCC(CC)c2cccc(Cn3cc(CNC)nn3)c2)n1. The van der Waals surface area contributed by atoms with E-state index in [2.05, 4.69) is 67.0 Å². The van der Waals surface area contributed by atoms with E-state index in [1.807, 2.05) is 31.9 Å². The van der Waals surface area contributed by atoms with Crippen molar-refractivity contribution in [1.82, 2.24) is 30.3 Å². The van der Waals surface area contributed by atoms with Crippen LogP contribution in [-0.4, -0.2) is 57.9 Å². The van der Waals surface area contributed by atoms with Crippen molar-refractivity contribution in [3.05, 3.63) is 59.0 Å². The van der Waals surface area contributed by atoms with Crippen LogP contribution in [0.2, 0.25) is 0 Å². The number of Topliss-reactive ketones (excluding diaryl/α,β-unsaturated/α-hetero) is 1. The van der Waals surface area contributed by atoms with Crippen molar-refractivity contribution >= 4 is 17.5 Å². The molecule has 9 heteroatoms. The standard InChI is InChI=1S/C26H38N8O/c1-6-21(22-11-8-10-20(14-22)17-34-18-23(15-27-4)31-32-34)12-9-13-33(5)25-24(19(3)35)16-29-26(30-25)28-7-2/h8,10-11,14,16,18,21,27H,6-7,9,12-13,15,17H2,1-5H3,(H,28,29,30). The Kier molecular flexibility index (Phi) is 9.72. The minimum Gasteiger partial charge on any atom is -0.359 e. The number of carbonyl (C=O) groups is 1. The first-order chi connectivity index (χ1) is 16.9. The Bertz CT molecular complexity index is 1100. The summed E-state index contributed by atoms with van der Waals surface area (Å²) in [6.45, 7) is 8.76. The lowest BCUT2D eigenvalue weighted by Gasteiger charge is -2.23. The van der Waals surface area contributed by atoms with Gasteiger partial charge >= 0.3 is 0 Å². The van der Waals surface area contributed by atoms with Gasteiger partial charge in [0.15, 0.2) is 5.78 Å². The molecule has 2 aromatic heterocycles. The third-order valence-corrected chi connectivity index (χ3v) is 6.09. The van der Waals surface area contributed by atoms with Crippen LogP contribution < -0.4 is 15.5 Å². The molecule has 1 unspecified atom stereocenters. The van der Waals surface area contributed by atoms with E-state index in [9.17, 15) is 4.79 Å². The van der Waals surface area contributed by atoms with E-state index in [1.165, 1.54) is 11.1 Å². The molecule has 35 heavy (non-hydrogen) atoms. The average molecular weight is 479 g/mol. The molecule has 0 aliphatic rings. The summed E-state index contributed by atoms with van der Waals surface area (Å²) in [5.41, 5.74) is 4.07. The highest BCUT2D eigenvalue weighted by Gasteiger charge is 2.16. The van der Waals surface area contributed by atoms with E-state index in [-0.39, 0.29) is 5.78 Å². The molecular weight excluding hydrogens is 440 g/mol. The highest BCUT2D eigenvalue weighted by atomic mass is 16.1. The number of benzene rings is 1. The second kappa shape index (κ2) is 12.9. The number of anilines is 2. The first-order valence-corrected chi connectivity index (χ1v) is 12.4. The van der Waals surface area contributed by atoms with E-state index >= 15 is 0 Å². The van der Waals surface area contributed by atoms with Gasteiger partial charge in [0.25, 0.3) is 0 Å². The zero-order valence-electron chi connectivity index (χ0n) is 21.6. The van der Waals surface area contributed by atoms with E-state index in [0.29, 0.717) is 36.3 Å². The quantitative estimate of drug-likeness (QED) is 0.337. The molecule has 0 aliphatic carbocycles. The van der Waals surface area contributed by atoms with Gasteiger partial charge < -0.3 is 15.5 Å². The van der Waals surface area contributed by atoms with E-state index in [4.69, 9.17) is 0 Å². The Morgan fingerprint density at radius 3 is 2.80 bits per heavy atom. The van der Waals surface area contributed by atoms with Gasteiger partial charge in [0.2, 0.25) is 5.95 Å². The molecule has 9 nitrogen and oxygen atoms in total. The van der Waals surface area contributed by atoms with Gasteiger partial charge in [0.1, 0.15) is 5.82 Å². The van der Waals surface area contributed by atoms with Crippen molar-refractivity contribution in [2.45, 2.75) is 59.0 Å². The molecular formula is C26H38N8O. The van der Waals surface area contributed by atoms with Crippen LogP contribution in [0.1, 0.15) is 73.1 Å². The fraction of sp³-hybridized carbons (Fsp3) is 0.500. The largest absolute Gasteiger partial charge is 0.359 e. The van der Waals surface area contributed by atoms with Gasteiger partial charge in [-0.1, -0.05) is 36.4 Å². The summed E-state index contributed by atoms with van der Waals surface area (Å²) < 4.78 is 1.89. The summed E-state index contributed by atoms with van der Waals surface area (Å²) in [5.74, 6) is 1.68. The van der Waals surface area contributed by atoms with Crippen molar-refractivity contribution in [2.24, 2.45) is 0 Å². The summed E-state index contributed by atoms with van der Waals surface area (Å²) in [6, 6.07) is 8.78. The van der Waals surface area contributed by atoms with Gasteiger partial charge in [-0.15, -0.1) is 5.10 Å². The molecule has 0 aliphatic heterocycles. The molecule has 1 aromatic carbocycles. The second-order valence-corrected chi connectivity index (χ2v) is 8.87. The normalized spacial score (nSPS) is 11.9. The maximum absolute atomic E-state index is 12.1. The third-order valence-electron chi connectivity index (χ3n) is 6.09. The van der Waals surface area contributed by atoms with Crippen LogP contribution in [0.4, 0.5) is 11.8 Å². The molecule has 0 fully saturated rings. The highest BCUT2D eigenvalue weighted by molar-refractivity contribution is 5.98. The molecule has 188 valence electrons. The summed E-state index contributed by atoms with van der Waals surface area (Å²) in [5, 5.41) is 14.7. The fourth-order valence-electron chi connectivity index (χ4n) is 4.25. The molecule has 0 amide bonds. The Morgan fingerprint density at radius 2 is 2.09 bits per heavy atom. The average Bonchev–Trinajstić information content (AvgIpc) is 3.29. The zero-order chi connectivity index (χ0) is 25.2. The van der Waals surface area contributed by atoms with E-state index in [0.717, 1.165) is 38.0 Å². The Hall–Kier alpha value is -3.33. The van der Waals surface area contributed by atoms with Crippen molar-refractivity contribution in [3.63, 3.8) is 0 Å². The van der Waals surface area contributed by atoms with Crippen LogP contribution in [0.5, 0.6) is 0 Å². The van der Waals surface area contributed by atoms with Crippen molar-refractivity contribution in [3.8, 4) is 0 Å². The Morgan fingerprint density at radius 1 is 1.26 bits per heavy atom. The number of hydrogen-bond donors (Lipinski definition) is 2. The van der Waals surface area contributed by atoms with Gasteiger partial charge in [0, 0.05) is 32.9 Å². The number of aromatic nitrogens is 5. The molecule has 2 heterocycles. The fourth-order valence-corrected chi connectivity index (χ4v) is 4.25. The van der Waals surface area contributed by atoms with Gasteiger partial charge in [-0.05, 0) is 57.2 Å². The molecule has 3 aromatic rings. The lowest BCUT2D eigenvalue weighted by atomic mass is 9.90. The van der Waals surface area contributed by atoms with Gasteiger partial charge in [-0.25, -0.2) is 9.67 Å². The molecule has 0 spiro atoms.